The fourth-order valence-electron chi connectivity index (χ4n) is 3.25. The molecule has 0 aliphatic rings. The van der Waals surface area contributed by atoms with Gasteiger partial charge in [-0.15, -0.1) is 0 Å². The molecule has 2 aromatic heterocycles. The standard InChI is InChI=1S/C20H16BrN3O2/c1-22-16-12-24(15-9-4-3-5-10-15)18(13-7-6-8-14(21)11-13)17(16)19(25)23(2)20(22)26/h3-12H,1-2H3. The SMILES string of the molecule is Cn1c(=O)c2c(-c3cccc(Br)c3)n(-c3ccccc3)cc2n(C)c1=O. The van der Waals surface area contributed by atoms with E-state index in [1.165, 1.54) is 11.6 Å². The Kier molecular flexibility index (Phi) is 3.92. The first-order chi connectivity index (χ1) is 12.5. The molecule has 2 heterocycles. The average molecular weight is 410 g/mol. The number of halogens is 1. The highest BCUT2D eigenvalue weighted by Gasteiger charge is 2.20. The summed E-state index contributed by atoms with van der Waals surface area (Å²) < 4.78 is 5.55. The lowest BCUT2D eigenvalue weighted by Gasteiger charge is -2.10. The summed E-state index contributed by atoms with van der Waals surface area (Å²) >= 11 is 3.50. The molecule has 6 heteroatoms. The fraction of sp³-hybridized carbons (Fsp3) is 0.100. The number of aromatic nitrogens is 3. The molecular weight excluding hydrogens is 394 g/mol. The molecule has 0 unspecified atom stereocenters. The molecule has 0 saturated heterocycles. The van der Waals surface area contributed by atoms with E-state index in [2.05, 4.69) is 15.9 Å². The third kappa shape index (κ3) is 2.45. The van der Waals surface area contributed by atoms with Crippen molar-refractivity contribution in [2.24, 2.45) is 14.1 Å². The molecule has 0 spiro atoms. The van der Waals surface area contributed by atoms with Crippen molar-refractivity contribution >= 4 is 26.8 Å². The second-order valence-electron chi connectivity index (χ2n) is 6.16. The molecule has 2 aromatic carbocycles. The van der Waals surface area contributed by atoms with Gasteiger partial charge in [0.05, 0.1) is 16.6 Å². The van der Waals surface area contributed by atoms with Gasteiger partial charge in [-0.1, -0.05) is 46.3 Å². The monoisotopic (exact) mass is 409 g/mol. The lowest BCUT2D eigenvalue weighted by molar-refractivity contribution is 0.714. The molecule has 0 saturated carbocycles. The topological polar surface area (TPSA) is 48.9 Å². The number of aryl methyl sites for hydroxylation is 1. The zero-order valence-electron chi connectivity index (χ0n) is 14.3. The molecular formula is C20H16BrN3O2. The summed E-state index contributed by atoms with van der Waals surface area (Å²) in [5, 5.41) is 0.525. The highest BCUT2D eigenvalue weighted by Crippen LogP contribution is 2.32. The highest BCUT2D eigenvalue weighted by molar-refractivity contribution is 9.10. The predicted octanol–water partition coefficient (Wildman–Crippen LogP) is 3.46. The molecule has 5 nitrogen and oxygen atoms in total. The largest absolute Gasteiger partial charge is 0.330 e. The van der Waals surface area contributed by atoms with Crippen LogP contribution in [0.1, 0.15) is 0 Å². The quantitative estimate of drug-likeness (QED) is 0.508. The van der Waals surface area contributed by atoms with Gasteiger partial charge in [0.1, 0.15) is 0 Å². The van der Waals surface area contributed by atoms with Crippen LogP contribution in [-0.2, 0) is 14.1 Å². The van der Waals surface area contributed by atoms with Crippen molar-refractivity contribution in [1.29, 1.82) is 0 Å². The van der Waals surface area contributed by atoms with E-state index in [0.717, 1.165) is 26.0 Å². The fourth-order valence-corrected chi connectivity index (χ4v) is 3.65. The van der Waals surface area contributed by atoms with E-state index < -0.39 is 0 Å². The minimum Gasteiger partial charge on any atom is -0.314 e. The van der Waals surface area contributed by atoms with Crippen LogP contribution in [-0.4, -0.2) is 13.7 Å². The van der Waals surface area contributed by atoms with E-state index in [1.54, 1.807) is 7.05 Å². The Morgan fingerprint density at radius 2 is 1.62 bits per heavy atom. The smallest absolute Gasteiger partial charge is 0.314 e. The summed E-state index contributed by atoms with van der Waals surface area (Å²) in [6.45, 7) is 0. The molecule has 0 N–H and O–H groups in total. The van der Waals surface area contributed by atoms with Gasteiger partial charge in [0, 0.05) is 36.0 Å². The van der Waals surface area contributed by atoms with Crippen molar-refractivity contribution in [2.75, 3.05) is 0 Å². The molecule has 0 aliphatic heterocycles. The van der Waals surface area contributed by atoms with Gasteiger partial charge in [0.15, 0.2) is 0 Å². The number of nitrogens with zero attached hydrogens (tertiary/aromatic N) is 3. The molecule has 4 aromatic rings. The maximum absolute atomic E-state index is 12.9. The first-order valence-electron chi connectivity index (χ1n) is 8.11. The van der Waals surface area contributed by atoms with Crippen LogP contribution in [0.4, 0.5) is 0 Å². The Labute approximate surface area is 157 Å². The van der Waals surface area contributed by atoms with E-state index in [0.29, 0.717) is 10.9 Å². The number of para-hydroxylation sites is 1. The van der Waals surface area contributed by atoms with Crippen LogP contribution in [0.2, 0.25) is 0 Å². The number of fused-ring (bicyclic) bond motifs is 1. The van der Waals surface area contributed by atoms with Crippen molar-refractivity contribution in [3.63, 3.8) is 0 Å². The Balaban J connectivity index is 2.23. The lowest BCUT2D eigenvalue weighted by atomic mass is 10.1. The van der Waals surface area contributed by atoms with Crippen LogP contribution < -0.4 is 11.2 Å². The summed E-state index contributed by atoms with van der Waals surface area (Å²) in [4.78, 5) is 25.3. The third-order valence-electron chi connectivity index (χ3n) is 4.57. The summed E-state index contributed by atoms with van der Waals surface area (Å²) in [5.74, 6) is 0. The molecule has 0 aliphatic carbocycles. The average Bonchev–Trinajstić information content (AvgIpc) is 3.06. The van der Waals surface area contributed by atoms with Crippen LogP contribution >= 0.6 is 15.9 Å². The van der Waals surface area contributed by atoms with Gasteiger partial charge in [-0.05, 0) is 24.3 Å². The first kappa shape index (κ1) is 16.6. The van der Waals surface area contributed by atoms with Gasteiger partial charge < -0.3 is 4.57 Å². The van der Waals surface area contributed by atoms with Crippen LogP contribution in [0.15, 0.2) is 74.9 Å². The van der Waals surface area contributed by atoms with Crippen LogP contribution in [0.5, 0.6) is 0 Å². The second-order valence-corrected chi connectivity index (χ2v) is 7.08. The number of hydrogen-bond acceptors (Lipinski definition) is 2. The number of benzene rings is 2. The molecule has 130 valence electrons. The van der Waals surface area contributed by atoms with E-state index in [1.807, 2.05) is 65.4 Å². The Hall–Kier alpha value is -2.86. The van der Waals surface area contributed by atoms with E-state index in [4.69, 9.17) is 0 Å². The summed E-state index contributed by atoms with van der Waals surface area (Å²) in [5.41, 5.74) is 2.56. The van der Waals surface area contributed by atoms with E-state index >= 15 is 0 Å². The minimum atomic E-state index is -0.339. The normalized spacial score (nSPS) is 11.2. The van der Waals surface area contributed by atoms with Gasteiger partial charge in [-0.3, -0.25) is 13.9 Å². The van der Waals surface area contributed by atoms with Crippen molar-refractivity contribution in [2.45, 2.75) is 0 Å². The van der Waals surface area contributed by atoms with Crippen LogP contribution in [0.25, 0.3) is 27.8 Å². The zero-order chi connectivity index (χ0) is 18.4. The van der Waals surface area contributed by atoms with Crippen molar-refractivity contribution in [1.82, 2.24) is 13.7 Å². The zero-order valence-corrected chi connectivity index (χ0v) is 15.9. The summed E-state index contributed by atoms with van der Waals surface area (Å²) in [6.07, 6.45) is 1.85. The molecule has 0 bridgehead atoms. The molecule has 0 atom stereocenters. The molecule has 26 heavy (non-hydrogen) atoms. The third-order valence-corrected chi connectivity index (χ3v) is 5.06. The number of rotatable bonds is 2. The number of hydrogen-bond donors (Lipinski definition) is 0. The van der Waals surface area contributed by atoms with Crippen molar-refractivity contribution in [3.05, 3.63) is 86.1 Å². The summed E-state index contributed by atoms with van der Waals surface area (Å²) in [7, 11) is 3.19. The maximum Gasteiger partial charge on any atom is 0.330 e. The highest BCUT2D eigenvalue weighted by atomic mass is 79.9. The maximum atomic E-state index is 12.9. The first-order valence-corrected chi connectivity index (χ1v) is 8.91. The van der Waals surface area contributed by atoms with Crippen LogP contribution in [0.3, 0.4) is 0 Å². The van der Waals surface area contributed by atoms with Gasteiger partial charge in [-0.2, -0.15) is 0 Å². The summed E-state index contributed by atoms with van der Waals surface area (Å²) in [6, 6.07) is 17.6. The molecule has 0 radical (unpaired) electrons. The lowest BCUT2D eigenvalue weighted by Crippen LogP contribution is -2.36. The van der Waals surface area contributed by atoms with Gasteiger partial charge in [0.25, 0.3) is 5.56 Å². The van der Waals surface area contributed by atoms with Crippen molar-refractivity contribution in [3.8, 4) is 16.9 Å². The van der Waals surface area contributed by atoms with Gasteiger partial charge in [-0.25, -0.2) is 4.79 Å². The van der Waals surface area contributed by atoms with E-state index in [9.17, 15) is 9.59 Å². The molecule has 0 amide bonds. The predicted molar refractivity (Wildman–Crippen MR) is 107 cm³/mol. The molecule has 4 rings (SSSR count). The minimum absolute atomic E-state index is 0.298. The van der Waals surface area contributed by atoms with Gasteiger partial charge >= 0.3 is 5.69 Å². The van der Waals surface area contributed by atoms with Crippen LogP contribution in [0, 0.1) is 0 Å². The Morgan fingerprint density at radius 1 is 0.885 bits per heavy atom. The Bertz CT molecular complexity index is 1250. The van der Waals surface area contributed by atoms with E-state index in [-0.39, 0.29) is 11.2 Å². The Morgan fingerprint density at radius 3 is 2.31 bits per heavy atom. The second kappa shape index (κ2) is 6.14. The van der Waals surface area contributed by atoms with Crippen molar-refractivity contribution < 1.29 is 0 Å². The van der Waals surface area contributed by atoms with Gasteiger partial charge in [0.2, 0.25) is 0 Å². The molecule has 0 fully saturated rings.